The lowest BCUT2D eigenvalue weighted by Gasteiger charge is -2.14. The molecule has 1 atom stereocenters. The van der Waals surface area contributed by atoms with Crippen molar-refractivity contribution in [3.8, 4) is 0 Å². The molecule has 0 aliphatic carbocycles. The van der Waals surface area contributed by atoms with Crippen molar-refractivity contribution >= 4 is 52.5 Å². The van der Waals surface area contributed by atoms with E-state index in [2.05, 4.69) is 37.8 Å². The highest BCUT2D eigenvalue weighted by Gasteiger charge is 2.30. The molecular weight excluding hydrogens is 564 g/mol. The second-order valence-electron chi connectivity index (χ2n) is 10.7. The lowest BCUT2D eigenvalue weighted by Crippen LogP contribution is -2.18. The minimum absolute atomic E-state index is 0.190. The molecule has 3 heterocycles. The van der Waals surface area contributed by atoms with Crippen LogP contribution in [0.25, 0.3) is 0 Å². The van der Waals surface area contributed by atoms with Crippen molar-refractivity contribution < 1.29 is 14.4 Å². The Kier molecular flexibility index (Phi) is 8.18. The second-order valence-corrected chi connectivity index (χ2v) is 11.1. The number of likely N-dealkylation sites (tertiary alicyclic amines) is 1. The van der Waals surface area contributed by atoms with Gasteiger partial charge >= 0.3 is 0 Å². The van der Waals surface area contributed by atoms with E-state index in [1.807, 2.05) is 19.1 Å². The molecule has 1 unspecified atom stereocenters. The molecule has 2 amide bonds. The van der Waals surface area contributed by atoms with Gasteiger partial charge in [0.05, 0.1) is 5.69 Å². The molecule has 2 aliphatic rings. The van der Waals surface area contributed by atoms with Crippen molar-refractivity contribution in [1.82, 2.24) is 14.7 Å². The minimum Gasteiger partial charge on any atom is -0.325 e. The fourth-order valence-electron chi connectivity index (χ4n) is 5.53. The summed E-state index contributed by atoms with van der Waals surface area (Å²) in [4.78, 5) is 46.0. The summed E-state index contributed by atoms with van der Waals surface area (Å²) in [6.45, 7) is 5.60. The number of carbonyl (C=O) groups excluding carboxylic acids is 3. The number of rotatable bonds is 9. The number of nitrogens with zero attached hydrogens (tertiary/aromatic N) is 4. The molecular formula is C33H31ClN6O3. The number of benzene rings is 3. The van der Waals surface area contributed by atoms with Crippen molar-refractivity contribution in [2.75, 3.05) is 23.7 Å². The Bertz CT molecular complexity index is 1720. The first-order valence-corrected chi connectivity index (χ1v) is 14.8. The number of carbonyl (C=O) groups is 3. The van der Waals surface area contributed by atoms with Crippen LogP contribution in [0.15, 0.2) is 77.8 Å². The quantitative estimate of drug-likeness (QED) is 0.180. The topological polar surface area (TPSA) is 109 Å². The maximum Gasteiger partial charge on any atom is 0.273 e. The zero-order valence-corrected chi connectivity index (χ0v) is 24.5. The van der Waals surface area contributed by atoms with Gasteiger partial charge in [0.25, 0.3) is 5.91 Å². The number of nitrogens with one attached hydrogen (secondary N) is 2. The average Bonchev–Trinajstić information content (AvgIpc) is 3.74. The molecule has 0 radical (unpaired) electrons. The van der Waals surface area contributed by atoms with Gasteiger partial charge in [0, 0.05) is 47.9 Å². The van der Waals surface area contributed by atoms with Gasteiger partial charge in [-0.2, -0.15) is 5.10 Å². The van der Waals surface area contributed by atoms with Crippen LogP contribution in [0.1, 0.15) is 63.2 Å². The molecule has 0 bridgehead atoms. The van der Waals surface area contributed by atoms with Crippen molar-refractivity contribution in [2.24, 2.45) is 4.99 Å². The lowest BCUT2D eigenvalue weighted by molar-refractivity contribution is -0.115. The summed E-state index contributed by atoms with van der Waals surface area (Å²) in [6.07, 6.45) is 4.18. The fourth-order valence-corrected chi connectivity index (χ4v) is 5.73. The Morgan fingerprint density at radius 3 is 2.58 bits per heavy atom. The third-order valence-corrected chi connectivity index (χ3v) is 7.95. The van der Waals surface area contributed by atoms with Crippen LogP contribution in [0.3, 0.4) is 0 Å². The van der Waals surface area contributed by atoms with Crippen molar-refractivity contribution in [2.45, 2.75) is 38.8 Å². The predicted octanol–water partition coefficient (Wildman–Crippen LogP) is 6.07. The standard InChI is InChI=1S/C33H31ClN6O3/c1-2-40-29(18-30(34)38-40)33(43)36-25-7-5-6-22(16-25)31(41)23-10-13-26-27(32(42)37-28(26)17-23)19-35-24-11-8-21(9-12-24)20-39-14-3-4-15-39/h5-13,16-19,27H,2-4,14-15,20H2,1H3,(H,36,43)(H,37,42). The molecule has 9 nitrogen and oxygen atoms in total. The van der Waals surface area contributed by atoms with Gasteiger partial charge in [-0.25, -0.2) is 0 Å². The number of hydrogen-bond donors (Lipinski definition) is 2. The molecule has 0 saturated carbocycles. The molecule has 43 heavy (non-hydrogen) atoms. The third kappa shape index (κ3) is 6.28. The van der Waals surface area contributed by atoms with E-state index in [9.17, 15) is 14.4 Å². The van der Waals surface area contributed by atoms with E-state index in [0.29, 0.717) is 34.7 Å². The van der Waals surface area contributed by atoms with Crippen LogP contribution in [-0.2, 0) is 17.9 Å². The summed E-state index contributed by atoms with van der Waals surface area (Å²) in [5, 5.41) is 10.0. The first kappa shape index (κ1) is 28.5. The van der Waals surface area contributed by atoms with Gasteiger partial charge in [0.15, 0.2) is 10.9 Å². The SMILES string of the molecule is CCn1nc(Cl)cc1C(=O)Nc1cccc(C(=O)c2ccc3c(c2)NC(=O)C3C=Nc2ccc(CN3CCCC3)cc2)c1. The number of anilines is 2. The smallest absolute Gasteiger partial charge is 0.273 e. The highest BCUT2D eigenvalue weighted by molar-refractivity contribution is 6.29. The van der Waals surface area contributed by atoms with Crippen LogP contribution in [-0.4, -0.2) is 51.6 Å². The summed E-state index contributed by atoms with van der Waals surface area (Å²) >= 11 is 5.97. The molecule has 218 valence electrons. The molecule has 0 spiro atoms. The average molecular weight is 595 g/mol. The van der Waals surface area contributed by atoms with E-state index in [1.54, 1.807) is 48.7 Å². The lowest BCUT2D eigenvalue weighted by atomic mass is 9.97. The fraction of sp³-hybridized carbons (Fsp3) is 0.242. The molecule has 1 saturated heterocycles. The largest absolute Gasteiger partial charge is 0.325 e. The summed E-state index contributed by atoms with van der Waals surface area (Å²) in [5.41, 5.74) is 5.00. The summed E-state index contributed by atoms with van der Waals surface area (Å²) < 4.78 is 1.51. The van der Waals surface area contributed by atoms with E-state index < -0.39 is 5.92 Å². The molecule has 2 aliphatic heterocycles. The van der Waals surface area contributed by atoms with Gasteiger partial charge in [-0.05, 0) is 74.3 Å². The Labute approximate surface area is 254 Å². The Balaban J connectivity index is 1.14. The number of aromatic nitrogens is 2. The molecule has 4 aromatic rings. The molecule has 1 aromatic heterocycles. The number of aliphatic imine (C=N–C) groups is 1. The molecule has 3 aromatic carbocycles. The molecule has 6 rings (SSSR count). The maximum absolute atomic E-state index is 13.4. The first-order valence-electron chi connectivity index (χ1n) is 14.4. The van der Waals surface area contributed by atoms with Gasteiger partial charge in [0.2, 0.25) is 5.91 Å². The van der Waals surface area contributed by atoms with Crippen molar-refractivity contribution in [3.05, 3.63) is 106 Å². The van der Waals surface area contributed by atoms with Crippen molar-refractivity contribution in [3.63, 3.8) is 0 Å². The highest BCUT2D eigenvalue weighted by Crippen LogP contribution is 2.33. The molecule has 10 heteroatoms. The number of aryl methyl sites for hydroxylation is 1. The molecule has 2 N–H and O–H groups in total. The van der Waals surface area contributed by atoms with Gasteiger partial charge in [0.1, 0.15) is 11.6 Å². The zero-order valence-electron chi connectivity index (χ0n) is 23.7. The summed E-state index contributed by atoms with van der Waals surface area (Å²) in [5.74, 6) is -1.35. The monoisotopic (exact) mass is 594 g/mol. The van der Waals surface area contributed by atoms with Crippen LogP contribution in [0.5, 0.6) is 0 Å². The zero-order chi connectivity index (χ0) is 29.9. The highest BCUT2D eigenvalue weighted by atomic mass is 35.5. The number of hydrogen-bond acceptors (Lipinski definition) is 6. The minimum atomic E-state index is -0.549. The van der Waals surface area contributed by atoms with E-state index in [0.717, 1.165) is 30.9 Å². The normalized spacial score (nSPS) is 16.4. The second kappa shape index (κ2) is 12.3. The summed E-state index contributed by atoms with van der Waals surface area (Å²) in [6, 6.07) is 21.5. The predicted molar refractivity (Wildman–Crippen MR) is 168 cm³/mol. The summed E-state index contributed by atoms with van der Waals surface area (Å²) in [7, 11) is 0. The third-order valence-electron chi connectivity index (χ3n) is 7.77. The van der Waals surface area contributed by atoms with Crippen molar-refractivity contribution in [1.29, 1.82) is 0 Å². The van der Waals surface area contributed by atoms with E-state index >= 15 is 0 Å². The van der Waals surface area contributed by atoms with Gasteiger partial charge in [-0.15, -0.1) is 0 Å². The number of amides is 2. The van der Waals surface area contributed by atoms with E-state index in [-0.39, 0.29) is 22.8 Å². The molecule has 1 fully saturated rings. The van der Waals surface area contributed by atoms with Crippen LogP contribution in [0, 0.1) is 0 Å². The van der Waals surface area contributed by atoms with E-state index in [4.69, 9.17) is 11.6 Å². The number of fused-ring (bicyclic) bond motifs is 1. The van der Waals surface area contributed by atoms with E-state index in [1.165, 1.54) is 29.2 Å². The first-order chi connectivity index (χ1) is 20.9. The number of ketones is 1. The van der Waals surface area contributed by atoms with Gasteiger partial charge in [-0.1, -0.05) is 48.0 Å². The Morgan fingerprint density at radius 1 is 1.05 bits per heavy atom. The number of halogens is 1. The maximum atomic E-state index is 13.4. The van der Waals surface area contributed by atoms with Crippen LogP contribution >= 0.6 is 11.6 Å². The van der Waals surface area contributed by atoms with Crippen LogP contribution < -0.4 is 10.6 Å². The van der Waals surface area contributed by atoms with Gasteiger partial charge in [-0.3, -0.25) is 29.0 Å². The Hall–Kier alpha value is -4.60. The van der Waals surface area contributed by atoms with Crippen LogP contribution in [0.2, 0.25) is 5.15 Å². The van der Waals surface area contributed by atoms with Crippen LogP contribution in [0.4, 0.5) is 17.1 Å². The van der Waals surface area contributed by atoms with Gasteiger partial charge < -0.3 is 10.6 Å². The Morgan fingerprint density at radius 2 is 1.81 bits per heavy atom.